The van der Waals surface area contributed by atoms with Crippen molar-refractivity contribution in [2.45, 2.75) is 19.3 Å². The number of carboxylic acids is 2. The SMILES string of the molecule is O=C(Nc1ccccc1)C1CCc2nc[nH]c2C1.O=C(O)/C=C/C(=O)O. The number of rotatable bonds is 4. The summed E-state index contributed by atoms with van der Waals surface area (Å²) in [4.78, 5) is 38.6. The van der Waals surface area contributed by atoms with Crippen molar-refractivity contribution in [3.63, 3.8) is 0 Å². The summed E-state index contributed by atoms with van der Waals surface area (Å²) in [5.74, 6) is -2.38. The van der Waals surface area contributed by atoms with E-state index in [2.05, 4.69) is 15.3 Å². The van der Waals surface area contributed by atoms with Gasteiger partial charge in [0.2, 0.25) is 5.91 Å². The maximum atomic E-state index is 12.2. The zero-order valence-electron chi connectivity index (χ0n) is 13.9. The molecule has 26 heavy (non-hydrogen) atoms. The zero-order chi connectivity index (χ0) is 18.9. The maximum Gasteiger partial charge on any atom is 0.328 e. The van der Waals surface area contributed by atoms with Crippen molar-refractivity contribution in [2.24, 2.45) is 5.92 Å². The Bertz CT molecular complexity index is 782. The molecule has 0 saturated heterocycles. The number of aryl methyl sites for hydroxylation is 1. The van der Waals surface area contributed by atoms with Gasteiger partial charge < -0.3 is 20.5 Å². The lowest BCUT2D eigenvalue weighted by Crippen LogP contribution is -2.28. The summed E-state index contributed by atoms with van der Waals surface area (Å²) >= 11 is 0. The second-order valence-electron chi connectivity index (χ2n) is 5.63. The highest BCUT2D eigenvalue weighted by Crippen LogP contribution is 2.24. The topological polar surface area (TPSA) is 132 Å². The smallest absolute Gasteiger partial charge is 0.328 e. The number of nitrogens with zero attached hydrogens (tertiary/aromatic N) is 1. The molecule has 2 aromatic rings. The molecule has 1 aliphatic rings. The fourth-order valence-corrected chi connectivity index (χ4v) is 2.53. The first-order chi connectivity index (χ1) is 12.5. The molecule has 1 aliphatic carbocycles. The first-order valence-electron chi connectivity index (χ1n) is 7.96. The van der Waals surface area contributed by atoms with E-state index in [1.54, 1.807) is 6.33 Å². The van der Waals surface area contributed by atoms with Gasteiger partial charge in [0.05, 0.1) is 12.0 Å². The molecule has 0 fully saturated rings. The molecule has 0 radical (unpaired) electrons. The van der Waals surface area contributed by atoms with E-state index in [0.29, 0.717) is 12.2 Å². The van der Waals surface area contributed by atoms with Gasteiger partial charge in [-0.05, 0) is 25.0 Å². The van der Waals surface area contributed by atoms with Crippen molar-refractivity contribution in [3.8, 4) is 0 Å². The van der Waals surface area contributed by atoms with Crippen LogP contribution in [-0.4, -0.2) is 38.0 Å². The number of hydrogen-bond donors (Lipinski definition) is 4. The lowest BCUT2D eigenvalue weighted by Gasteiger charge is -2.20. The molecule has 1 atom stereocenters. The Balaban J connectivity index is 0.000000260. The van der Waals surface area contributed by atoms with E-state index >= 15 is 0 Å². The molecule has 1 unspecified atom stereocenters. The minimum absolute atomic E-state index is 0.0400. The number of fused-ring (bicyclic) bond motifs is 1. The van der Waals surface area contributed by atoms with Crippen LogP contribution in [-0.2, 0) is 27.2 Å². The third-order valence-electron chi connectivity index (χ3n) is 3.77. The molecule has 136 valence electrons. The normalized spacial score (nSPS) is 15.5. The molecule has 1 aromatic heterocycles. The third-order valence-corrected chi connectivity index (χ3v) is 3.77. The van der Waals surface area contributed by atoms with Crippen molar-refractivity contribution in [1.29, 1.82) is 0 Å². The number of amides is 1. The molecule has 0 bridgehead atoms. The Hall–Kier alpha value is -3.42. The van der Waals surface area contributed by atoms with Gasteiger partial charge in [-0.2, -0.15) is 0 Å². The molecule has 3 rings (SSSR count). The highest BCUT2D eigenvalue weighted by atomic mass is 16.4. The number of para-hydroxylation sites is 1. The van der Waals surface area contributed by atoms with E-state index in [1.165, 1.54) is 0 Å². The summed E-state index contributed by atoms with van der Waals surface area (Å²) in [6.07, 6.45) is 5.34. The van der Waals surface area contributed by atoms with Gasteiger partial charge in [0.1, 0.15) is 0 Å². The Kier molecular flexibility index (Phi) is 6.67. The van der Waals surface area contributed by atoms with E-state index < -0.39 is 11.9 Å². The van der Waals surface area contributed by atoms with E-state index in [9.17, 15) is 14.4 Å². The van der Waals surface area contributed by atoms with E-state index in [1.807, 2.05) is 30.3 Å². The molecule has 0 aliphatic heterocycles. The molecular weight excluding hydrogens is 338 g/mol. The van der Waals surface area contributed by atoms with Crippen molar-refractivity contribution in [3.05, 3.63) is 60.2 Å². The van der Waals surface area contributed by atoms with Gasteiger partial charge in [0.25, 0.3) is 0 Å². The average molecular weight is 357 g/mol. The summed E-state index contributed by atoms with van der Waals surface area (Å²) < 4.78 is 0. The fraction of sp³-hybridized carbons (Fsp3) is 0.222. The fourth-order valence-electron chi connectivity index (χ4n) is 2.53. The van der Waals surface area contributed by atoms with Crippen LogP contribution in [0.3, 0.4) is 0 Å². The Morgan fingerprint density at radius 2 is 1.77 bits per heavy atom. The molecule has 0 spiro atoms. The summed E-state index contributed by atoms with van der Waals surface area (Å²) in [5, 5.41) is 18.6. The quantitative estimate of drug-likeness (QED) is 0.618. The number of H-pyrrole nitrogens is 1. The van der Waals surface area contributed by atoms with Gasteiger partial charge in [-0.1, -0.05) is 18.2 Å². The maximum absolute atomic E-state index is 12.2. The number of carbonyl (C=O) groups is 3. The lowest BCUT2D eigenvalue weighted by molar-refractivity contribution is -0.134. The van der Waals surface area contributed by atoms with Crippen LogP contribution >= 0.6 is 0 Å². The van der Waals surface area contributed by atoms with Gasteiger partial charge in [0, 0.05) is 35.9 Å². The van der Waals surface area contributed by atoms with Crippen LogP contribution in [0.1, 0.15) is 17.8 Å². The molecule has 1 aromatic carbocycles. The van der Waals surface area contributed by atoms with Crippen molar-refractivity contribution >= 4 is 23.5 Å². The Labute approximate surface area is 149 Å². The standard InChI is InChI=1S/C14H15N3O.C4H4O4/c18-14(17-11-4-2-1-3-5-11)10-6-7-12-13(8-10)16-9-15-12;5-3(6)1-2-4(7)8/h1-5,9-10H,6-8H2,(H,15,16)(H,17,18);1-2H,(H,5,6)(H,7,8)/b;2-1+. The van der Waals surface area contributed by atoms with E-state index in [4.69, 9.17) is 10.2 Å². The van der Waals surface area contributed by atoms with Crippen LogP contribution in [0.25, 0.3) is 0 Å². The highest BCUT2D eigenvalue weighted by molar-refractivity contribution is 5.92. The zero-order valence-corrected chi connectivity index (χ0v) is 13.9. The molecule has 1 amide bonds. The number of anilines is 1. The summed E-state index contributed by atoms with van der Waals surface area (Å²) in [6, 6.07) is 9.59. The van der Waals surface area contributed by atoms with Crippen molar-refractivity contribution in [1.82, 2.24) is 9.97 Å². The summed E-state index contributed by atoms with van der Waals surface area (Å²) in [7, 11) is 0. The highest BCUT2D eigenvalue weighted by Gasteiger charge is 2.26. The minimum atomic E-state index is -1.26. The molecule has 0 saturated carbocycles. The molecule has 8 heteroatoms. The number of imidazole rings is 1. The second-order valence-corrected chi connectivity index (χ2v) is 5.63. The average Bonchev–Trinajstić information content (AvgIpc) is 3.09. The molecule has 1 heterocycles. The number of aromatic amines is 1. The number of aliphatic carboxylic acids is 2. The van der Waals surface area contributed by atoms with Crippen molar-refractivity contribution in [2.75, 3.05) is 5.32 Å². The van der Waals surface area contributed by atoms with Crippen LogP contribution in [0, 0.1) is 5.92 Å². The van der Waals surface area contributed by atoms with Gasteiger partial charge in [-0.15, -0.1) is 0 Å². The van der Waals surface area contributed by atoms with Crippen LogP contribution < -0.4 is 5.32 Å². The third kappa shape index (κ3) is 5.90. The summed E-state index contributed by atoms with van der Waals surface area (Å²) in [6.45, 7) is 0. The summed E-state index contributed by atoms with van der Waals surface area (Å²) in [5.41, 5.74) is 3.08. The Morgan fingerprint density at radius 3 is 2.38 bits per heavy atom. The predicted molar refractivity (Wildman–Crippen MR) is 93.6 cm³/mol. The number of hydrogen-bond acceptors (Lipinski definition) is 4. The molecular formula is C18H19N3O5. The molecule has 8 nitrogen and oxygen atoms in total. The van der Waals surface area contributed by atoms with Crippen molar-refractivity contribution < 1.29 is 24.6 Å². The number of aromatic nitrogens is 2. The number of benzene rings is 1. The van der Waals surface area contributed by atoms with Gasteiger partial charge in [0.15, 0.2) is 0 Å². The lowest BCUT2D eigenvalue weighted by atomic mass is 9.89. The van der Waals surface area contributed by atoms with E-state index in [0.717, 1.165) is 36.3 Å². The monoisotopic (exact) mass is 357 g/mol. The van der Waals surface area contributed by atoms with Gasteiger partial charge in [-0.25, -0.2) is 14.6 Å². The number of carboxylic acid groups (broad SMARTS) is 2. The van der Waals surface area contributed by atoms with Gasteiger partial charge in [-0.3, -0.25) is 4.79 Å². The first kappa shape index (κ1) is 18.9. The van der Waals surface area contributed by atoms with Gasteiger partial charge >= 0.3 is 11.9 Å². The minimum Gasteiger partial charge on any atom is -0.478 e. The van der Waals surface area contributed by atoms with Crippen LogP contribution in [0.15, 0.2) is 48.8 Å². The number of nitrogens with one attached hydrogen (secondary N) is 2. The number of carbonyl (C=O) groups excluding carboxylic acids is 1. The van der Waals surface area contributed by atoms with Crippen LogP contribution in [0.5, 0.6) is 0 Å². The van der Waals surface area contributed by atoms with Crippen LogP contribution in [0.4, 0.5) is 5.69 Å². The molecule has 4 N–H and O–H groups in total. The van der Waals surface area contributed by atoms with E-state index in [-0.39, 0.29) is 11.8 Å². The first-order valence-corrected chi connectivity index (χ1v) is 7.96. The Morgan fingerprint density at radius 1 is 1.12 bits per heavy atom. The van der Waals surface area contributed by atoms with Crippen LogP contribution in [0.2, 0.25) is 0 Å². The predicted octanol–water partition coefficient (Wildman–Crippen LogP) is 1.87. The largest absolute Gasteiger partial charge is 0.478 e. The second kappa shape index (κ2) is 9.16.